The maximum absolute atomic E-state index is 4.16. The first kappa shape index (κ1) is 4.13. The summed E-state index contributed by atoms with van der Waals surface area (Å²) in [6.07, 6.45) is 1.32. The second-order valence-electron chi connectivity index (χ2n) is 2.02. The van der Waals surface area contributed by atoms with Gasteiger partial charge in [0, 0.05) is 13.1 Å². The summed E-state index contributed by atoms with van der Waals surface area (Å²) in [5.74, 6) is 0.880. The lowest BCUT2D eigenvalue weighted by Crippen LogP contribution is -1.97. The topological polar surface area (TPSA) is 14.1 Å². The van der Waals surface area contributed by atoms with Crippen molar-refractivity contribution in [1.82, 2.24) is 5.32 Å². The molecule has 0 saturated carbocycles. The average molecular weight is 84.1 g/mol. The van der Waals surface area contributed by atoms with Crippen LogP contribution < -0.4 is 5.32 Å². The highest BCUT2D eigenvalue weighted by atomic mass is 14.9. The fraction of sp³-hybridized carbons (Fsp3) is 1.00. The van der Waals surface area contributed by atoms with Crippen molar-refractivity contribution in [1.29, 1.82) is 0 Å². The Kier molecular flexibility index (Phi) is 1.10. The summed E-state index contributed by atoms with van der Waals surface area (Å²) in [7, 11) is 0. The van der Waals surface area contributed by atoms with Gasteiger partial charge in [-0.3, -0.25) is 0 Å². The first-order valence-electron chi connectivity index (χ1n) is 2.53. The minimum atomic E-state index is 0.880. The summed E-state index contributed by atoms with van der Waals surface area (Å²) in [5.41, 5.74) is 0. The molecule has 1 radical (unpaired) electrons. The van der Waals surface area contributed by atoms with Crippen molar-refractivity contribution in [3.05, 3.63) is 0 Å². The van der Waals surface area contributed by atoms with E-state index >= 15 is 0 Å². The van der Waals surface area contributed by atoms with Gasteiger partial charge < -0.3 is 0 Å². The second kappa shape index (κ2) is 1.61. The van der Waals surface area contributed by atoms with Gasteiger partial charge in [-0.15, -0.1) is 0 Å². The van der Waals surface area contributed by atoms with Crippen LogP contribution in [0, 0.1) is 5.92 Å². The molecule has 1 aliphatic heterocycles. The van der Waals surface area contributed by atoms with Crippen molar-refractivity contribution in [3.8, 4) is 0 Å². The normalized spacial score (nSPS) is 34.5. The predicted octanol–water partition coefficient (Wildman–Crippen LogP) is 0.631. The van der Waals surface area contributed by atoms with Crippen molar-refractivity contribution in [2.45, 2.75) is 13.3 Å². The third kappa shape index (κ3) is 0.716. The molecule has 0 N–H and O–H groups in total. The van der Waals surface area contributed by atoms with Gasteiger partial charge in [-0.05, 0) is 12.3 Å². The van der Waals surface area contributed by atoms with Gasteiger partial charge in [-0.1, -0.05) is 6.92 Å². The van der Waals surface area contributed by atoms with Gasteiger partial charge in [0.05, 0.1) is 0 Å². The van der Waals surface area contributed by atoms with Gasteiger partial charge >= 0.3 is 0 Å². The molecule has 0 aliphatic carbocycles. The van der Waals surface area contributed by atoms with Gasteiger partial charge in [-0.2, -0.15) is 0 Å². The van der Waals surface area contributed by atoms with Crippen LogP contribution in [0.2, 0.25) is 0 Å². The molecule has 1 aliphatic rings. The van der Waals surface area contributed by atoms with Crippen molar-refractivity contribution in [3.63, 3.8) is 0 Å². The van der Waals surface area contributed by atoms with Crippen LogP contribution >= 0.6 is 0 Å². The summed E-state index contributed by atoms with van der Waals surface area (Å²) in [6, 6.07) is 0. The zero-order valence-electron chi connectivity index (χ0n) is 4.15. The molecule has 0 amide bonds. The molecule has 1 nitrogen and oxygen atoms in total. The number of nitrogens with zero attached hydrogens (tertiary/aromatic N) is 1. The van der Waals surface area contributed by atoms with Crippen molar-refractivity contribution < 1.29 is 0 Å². The highest BCUT2D eigenvalue weighted by molar-refractivity contribution is 4.64. The summed E-state index contributed by atoms with van der Waals surface area (Å²) in [5, 5.41) is 4.16. The first-order valence-corrected chi connectivity index (χ1v) is 2.53. The zero-order chi connectivity index (χ0) is 4.41. The van der Waals surface area contributed by atoms with E-state index in [0.717, 1.165) is 19.0 Å². The van der Waals surface area contributed by atoms with Crippen LogP contribution in [-0.4, -0.2) is 13.1 Å². The Morgan fingerprint density at radius 3 is 2.67 bits per heavy atom. The highest BCUT2D eigenvalue weighted by Gasteiger charge is 2.07. The fourth-order valence-electron chi connectivity index (χ4n) is 0.715. The monoisotopic (exact) mass is 84.1 g/mol. The molecule has 0 aromatic heterocycles. The summed E-state index contributed by atoms with van der Waals surface area (Å²) < 4.78 is 0. The standard InChI is InChI=1S/C5H10N/c1-5-2-3-6-4-5/h5H,2-4H2,1H3/t5-/m1/s1. The minimum Gasteiger partial charge on any atom is -0.242 e. The van der Waals surface area contributed by atoms with Gasteiger partial charge in [-0.25, -0.2) is 5.32 Å². The van der Waals surface area contributed by atoms with Crippen LogP contribution in [0.5, 0.6) is 0 Å². The van der Waals surface area contributed by atoms with Gasteiger partial charge in [0.1, 0.15) is 0 Å². The molecule has 35 valence electrons. The van der Waals surface area contributed by atoms with Crippen molar-refractivity contribution in [2.75, 3.05) is 13.1 Å². The Morgan fingerprint density at radius 1 is 1.67 bits per heavy atom. The molecular formula is C5H10N. The molecule has 1 atom stereocenters. The molecule has 6 heavy (non-hydrogen) atoms. The number of rotatable bonds is 0. The van der Waals surface area contributed by atoms with Crippen LogP contribution in [-0.2, 0) is 0 Å². The predicted molar refractivity (Wildman–Crippen MR) is 25.6 cm³/mol. The van der Waals surface area contributed by atoms with Gasteiger partial charge in [0.15, 0.2) is 0 Å². The van der Waals surface area contributed by atoms with E-state index in [9.17, 15) is 0 Å². The van der Waals surface area contributed by atoms with Crippen LogP contribution in [0.3, 0.4) is 0 Å². The zero-order valence-corrected chi connectivity index (χ0v) is 4.15. The lowest BCUT2D eigenvalue weighted by atomic mass is 10.2. The first-order chi connectivity index (χ1) is 2.89. The molecule has 1 fully saturated rings. The Hall–Kier alpha value is -0.0400. The van der Waals surface area contributed by atoms with Gasteiger partial charge in [0.25, 0.3) is 0 Å². The van der Waals surface area contributed by atoms with Gasteiger partial charge in [0.2, 0.25) is 0 Å². The molecule has 0 aromatic carbocycles. The highest BCUT2D eigenvalue weighted by Crippen LogP contribution is 2.04. The van der Waals surface area contributed by atoms with E-state index in [0.29, 0.717) is 0 Å². The second-order valence-corrected chi connectivity index (χ2v) is 2.02. The van der Waals surface area contributed by atoms with E-state index in [1.54, 1.807) is 0 Å². The Bertz CT molecular complexity index is 37.2. The third-order valence-electron chi connectivity index (χ3n) is 1.22. The molecule has 1 rings (SSSR count). The molecule has 0 aromatic rings. The maximum Gasteiger partial charge on any atom is 0.0159 e. The lowest BCUT2D eigenvalue weighted by molar-refractivity contribution is 0.649. The van der Waals surface area contributed by atoms with E-state index in [1.165, 1.54) is 6.42 Å². The molecule has 1 saturated heterocycles. The van der Waals surface area contributed by atoms with E-state index in [1.807, 2.05) is 0 Å². The van der Waals surface area contributed by atoms with E-state index in [4.69, 9.17) is 0 Å². The quantitative estimate of drug-likeness (QED) is 0.409. The molecule has 1 heterocycles. The van der Waals surface area contributed by atoms with E-state index in [2.05, 4.69) is 12.2 Å². The SMILES string of the molecule is C[C@@H]1CC[N]C1. The van der Waals surface area contributed by atoms with E-state index < -0.39 is 0 Å². The molecule has 0 bridgehead atoms. The largest absolute Gasteiger partial charge is 0.242 e. The van der Waals surface area contributed by atoms with E-state index in [-0.39, 0.29) is 0 Å². The minimum absolute atomic E-state index is 0.880. The summed E-state index contributed by atoms with van der Waals surface area (Å²) in [6.45, 7) is 4.47. The number of hydrogen-bond acceptors (Lipinski definition) is 0. The molecule has 0 spiro atoms. The van der Waals surface area contributed by atoms with Crippen LogP contribution in [0.15, 0.2) is 0 Å². The lowest BCUT2D eigenvalue weighted by Gasteiger charge is -1.89. The van der Waals surface area contributed by atoms with Crippen molar-refractivity contribution >= 4 is 0 Å². The summed E-state index contributed by atoms with van der Waals surface area (Å²) >= 11 is 0. The third-order valence-corrected chi connectivity index (χ3v) is 1.22. The van der Waals surface area contributed by atoms with Crippen LogP contribution in [0.25, 0.3) is 0 Å². The van der Waals surface area contributed by atoms with Crippen LogP contribution in [0.4, 0.5) is 0 Å². The molecule has 1 heteroatoms. The summed E-state index contributed by atoms with van der Waals surface area (Å²) in [4.78, 5) is 0. The Balaban J connectivity index is 2.18. The molecule has 0 unspecified atom stereocenters. The van der Waals surface area contributed by atoms with Crippen LogP contribution in [0.1, 0.15) is 13.3 Å². The maximum atomic E-state index is 4.16. The fourth-order valence-corrected chi connectivity index (χ4v) is 0.715. The van der Waals surface area contributed by atoms with Crippen molar-refractivity contribution in [2.24, 2.45) is 5.92 Å². The Labute approximate surface area is 38.7 Å². The number of hydrogen-bond donors (Lipinski definition) is 0. The Morgan fingerprint density at radius 2 is 2.50 bits per heavy atom. The smallest absolute Gasteiger partial charge is 0.0159 e. The molecular weight excluding hydrogens is 74.1 g/mol. The average Bonchev–Trinajstić information content (AvgIpc) is 1.86.